The van der Waals surface area contributed by atoms with Crippen molar-refractivity contribution >= 4 is 6.08 Å². The maximum absolute atomic E-state index is 4.11. The van der Waals surface area contributed by atoms with Gasteiger partial charge in [-0.1, -0.05) is 32.3 Å². The van der Waals surface area contributed by atoms with Crippen molar-refractivity contribution in [1.82, 2.24) is 9.97 Å². The summed E-state index contributed by atoms with van der Waals surface area (Å²) < 4.78 is 0. The highest BCUT2D eigenvalue weighted by Gasteiger charge is 1.87. The SMILES string of the molecule is CCCCCC/C=C/c1ncccn1. The fourth-order valence-electron chi connectivity index (χ4n) is 1.27. The molecule has 0 aliphatic rings. The Morgan fingerprint density at radius 2 is 1.93 bits per heavy atom. The highest BCUT2D eigenvalue weighted by molar-refractivity contribution is 5.38. The van der Waals surface area contributed by atoms with Crippen molar-refractivity contribution in [2.75, 3.05) is 0 Å². The van der Waals surface area contributed by atoms with Gasteiger partial charge in [0.25, 0.3) is 0 Å². The Labute approximate surface area is 86.1 Å². The lowest BCUT2D eigenvalue weighted by Gasteiger charge is -1.94. The lowest BCUT2D eigenvalue weighted by molar-refractivity contribution is 0.675. The summed E-state index contributed by atoms with van der Waals surface area (Å²) in [6.45, 7) is 2.23. The Kier molecular flexibility index (Phi) is 5.64. The second-order valence-electron chi connectivity index (χ2n) is 3.36. The molecule has 0 radical (unpaired) electrons. The molecule has 0 bridgehead atoms. The fourth-order valence-corrected chi connectivity index (χ4v) is 1.27. The first-order valence-electron chi connectivity index (χ1n) is 5.37. The number of rotatable bonds is 6. The van der Waals surface area contributed by atoms with Gasteiger partial charge in [-0.05, 0) is 25.0 Å². The largest absolute Gasteiger partial charge is 0.237 e. The molecule has 0 aromatic carbocycles. The maximum atomic E-state index is 4.11. The normalized spacial score (nSPS) is 10.9. The number of hydrogen-bond donors (Lipinski definition) is 0. The first kappa shape index (κ1) is 10.9. The smallest absolute Gasteiger partial charge is 0.151 e. The lowest BCUT2D eigenvalue weighted by Crippen LogP contribution is -1.82. The van der Waals surface area contributed by atoms with Gasteiger partial charge in [0.15, 0.2) is 5.82 Å². The third-order valence-electron chi connectivity index (χ3n) is 2.08. The van der Waals surface area contributed by atoms with Crippen molar-refractivity contribution in [2.45, 2.75) is 39.0 Å². The first-order valence-corrected chi connectivity index (χ1v) is 5.37. The first-order chi connectivity index (χ1) is 6.93. The van der Waals surface area contributed by atoms with E-state index in [0.717, 1.165) is 12.2 Å². The minimum atomic E-state index is 0.808. The van der Waals surface area contributed by atoms with Gasteiger partial charge in [0.1, 0.15) is 0 Å². The highest BCUT2D eigenvalue weighted by Crippen LogP contribution is 2.04. The number of aromatic nitrogens is 2. The molecular formula is C12H18N2. The van der Waals surface area contributed by atoms with Gasteiger partial charge in [0.2, 0.25) is 0 Å². The van der Waals surface area contributed by atoms with Gasteiger partial charge in [-0.3, -0.25) is 0 Å². The van der Waals surface area contributed by atoms with E-state index in [0.29, 0.717) is 0 Å². The summed E-state index contributed by atoms with van der Waals surface area (Å²) in [5.41, 5.74) is 0. The van der Waals surface area contributed by atoms with Crippen LogP contribution in [0.3, 0.4) is 0 Å². The molecule has 0 fully saturated rings. The Balaban J connectivity index is 2.15. The summed E-state index contributed by atoms with van der Waals surface area (Å²) in [6, 6.07) is 1.83. The van der Waals surface area contributed by atoms with Crippen LogP contribution in [0.1, 0.15) is 44.9 Å². The molecule has 0 spiro atoms. The van der Waals surface area contributed by atoms with E-state index in [2.05, 4.69) is 23.0 Å². The molecule has 1 heterocycles. The summed E-state index contributed by atoms with van der Waals surface area (Å²) >= 11 is 0. The molecule has 0 atom stereocenters. The molecule has 0 saturated heterocycles. The molecule has 76 valence electrons. The number of allylic oxidation sites excluding steroid dienone is 1. The van der Waals surface area contributed by atoms with E-state index in [1.807, 2.05) is 12.1 Å². The summed E-state index contributed by atoms with van der Waals surface area (Å²) in [5, 5.41) is 0. The number of hydrogen-bond acceptors (Lipinski definition) is 2. The molecule has 1 aromatic heterocycles. The Bertz CT molecular complexity index is 254. The third kappa shape index (κ3) is 4.75. The van der Waals surface area contributed by atoms with Gasteiger partial charge in [-0.2, -0.15) is 0 Å². The molecule has 0 aliphatic heterocycles. The minimum Gasteiger partial charge on any atom is -0.237 e. The average molecular weight is 190 g/mol. The van der Waals surface area contributed by atoms with Crippen LogP contribution in [0.25, 0.3) is 6.08 Å². The van der Waals surface area contributed by atoms with Crippen LogP contribution in [0.15, 0.2) is 24.5 Å². The van der Waals surface area contributed by atoms with Crippen molar-refractivity contribution in [2.24, 2.45) is 0 Å². The van der Waals surface area contributed by atoms with Gasteiger partial charge >= 0.3 is 0 Å². The van der Waals surface area contributed by atoms with Crippen LogP contribution in [-0.2, 0) is 0 Å². The molecule has 0 aliphatic carbocycles. The zero-order chi connectivity index (χ0) is 10.1. The second-order valence-corrected chi connectivity index (χ2v) is 3.36. The van der Waals surface area contributed by atoms with Crippen molar-refractivity contribution in [3.05, 3.63) is 30.4 Å². The van der Waals surface area contributed by atoms with E-state index >= 15 is 0 Å². The molecule has 0 saturated carbocycles. The van der Waals surface area contributed by atoms with E-state index in [4.69, 9.17) is 0 Å². The Morgan fingerprint density at radius 3 is 2.64 bits per heavy atom. The standard InChI is InChI=1S/C12H18N2/c1-2-3-4-5-6-7-9-12-13-10-8-11-14-12/h7-11H,2-6H2,1H3/b9-7+. The van der Waals surface area contributed by atoms with Crippen molar-refractivity contribution < 1.29 is 0 Å². The molecule has 1 aromatic rings. The summed E-state index contributed by atoms with van der Waals surface area (Å²) in [6.07, 6.45) is 14.1. The van der Waals surface area contributed by atoms with Gasteiger partial charge < -0.3 is 0 Å². The van der Waals surface area contributed by atoms with Gasteiger partial charge in [-0.15, -0.1) is 0 Å². The molecule has 0 N–H and O–H groups in total. The Hall–Kier alpha value is -1.18. The monoisotopic (exact) mass is 190 g/mol. The van der Waals surface area contributed by atoms with Crippen LogP contribution in [-0.4, -0.2) is 9.97 Å². The zero-order valence-electron chi connectivity index (χ0n) is 8.82. The molecule has 0 unspecified atom stereocenters. The van der Waals surface area contributed by atoms with Crippen LogP contribution < -0.4 is 0 Å². The average Bonchev–Trinajstić information content (AvgIpc) is 2.25. The Morgan fingerprint density at radius 1 is 1.14 bits per heavy atom. The number of nitrogens with zero attached hydrogens (tertiary/aromatic N) is 2. The molecule has 1 rings (SSSR count). The minimum absolute atomic E-state index is 0.808. The van der Waals surface area contributed by atoms with E-state index in [1.54, 1.807) is 12.4 Å². The van der Waals surface area contributed by atoms with Gasteiger partial charge in [-0.25, -0.2) is 9.97 Å². The summed E-state index contributed by atoms with van der Waals surface area (Å²) in [7, 11) is 0. The molecule has 14 heavy (non-hydrogen) atoms. The molecular weight excluding hydrogens is 172 g/mol. The van der Waals surface area contributed by atoms with Gasteiger partial charge in [0.05, 0.1) is 0 Å². The molecule has 2 heteroatoms. The van der Waals surface area contributed by atoms with Crippen LogP contribution >= 0.6 is 0 Å². The van der Waals surface area contributed by atoms with Crippen molar-refractivity contribution in [3.63, 3.8) is 0 Å². The third-order valence-corrected chi connectivity index (χ3v) is 2.08. The quantitative estimate of drug-likeness (QED) is 0.642. The van der Waals surface area contributed by atoms with E-state index < -0.39 is 0 Å². The zero-order valence-corrected chi connectivity index (χ0v) is 8.82. The number of unbranched alkanes of at least 4 members (excludes halogenated alkanes) is 4. The summed E-state index contributed by atoms with van der Waals surface area (Å²) in [5.74, 6) is 0.808. The summed E-state index contributed by atoms with van der Waals surface area (Å²) in [4.78, 5) is 8.23. The van der Waals surface area contributed by atoms with E-state index in [9.17, 15) is 0 Å². The van der Waals surface area contributed by atoms with Crippen LogP contribution in [0.2, 0.25) is 0 Å². The molecule has 0 amide bonds. The molecule has 2 nitrogen and oxygen atoms in total. The van der Waals surface area contributed by atoms with Gasteiger partial charge in [0, 0.05) is 12.4 Å². The van der Waals surface area contributed by atoms with Crippen LogP contribution in [0.5, 0.6) is 0 Å². The lowest BCUT2D eigenvalue weighted by atomic mass is 10.1. The van der Waals surface area contributed by atoms with E-state index in [1.165, 1.54) is 25.7 Å². The van der Waals surface area contributed by atoms with Crippen molar-refractivity contribution in [3.8, 4) is 0 Å². The highest BCUT2D eigenvalue weighted by atomic mass is 14.8. The topological polar surface area (TPSA) is 25.8 Å². The van der Waals surface area contributed by atoms with Crippen LogP contribution in [0, 0.1) is 0 Å². The van der Waals surface area contributed by atoms with E-state index in [-0.39, 0.29) is 0 Å². The fraction of sp³-hybridized carbons (Fsp3) is 0.500. The van der Waals surface area contributed by atoms with Crippen molar-refractivity contribution in [1.29, 1.82) is 0 Å². The predicted molar refractivity (Wildman–Crippen MR) is 59.8 cm³/mol. The predicted octanol–water partition coefficient (Wildman–Crippen LogP) is 3.46. The van der Waals surface area contributed by atoms with Crippen LogP contribution in [0.4, 0.5) is 0 Å². The second kappa shape index (κ2) is 7.25. The maximum Gasteiger partial charge on any atom is 0.151 e.